The number of carbonyl (C=O) groups excluding carboxylic acids is 2. The first-order valence-electron chi connectivity index (χ1n) is 22.0. The summed E-state index contributed by atoms with van der Waals surface area (Å²) >= 11 is 0. The number of esters is 2. The van der Waals surface area contributed by atoms with Crippen LogP contribution in [0.4, 0.5) is 0 Å². The van der Waals surface area contributed by atoms with Gasteiger partial charge in [0.25, 0.3) is 0 Å². The molecule has 9 nitrogen and oxygen atoms in total. The zero-order valence-corrected chi connectivity index (χ0v) is 35.0. The molecule has 0 saturated heterocycles. The van der Waals surface area contributed by atoms with Gasteiger partial charge in [0, 0.05) is 19.4 Å². The van der Waals surface area contributed by atoms with Gasteiger partial charge in [-0.15, -0.1) is 0 Å². The van der Waals surface area contributed by atoms with Crippen molar-refractivity contribution in [3.8, 4) is 0 Å². The first kappa shape index (κ1) is 51.0. The molecule has 10 heteroatoms. The summed E-state index contributed by atoms with van der Waals surface area (Å²) in [5.74, 6) is -0.819. The van der Waals surface area contributed by atoms with Crippen LogP contribution in [-0.4, -0.2) is 49.3 Å². The van der Waals surface area contributed by atoms with E-state index in [1.54, 1.807) is 0 Å². The second-order valence-corrected chi connectivity index (χ2v) is 16.4. The number of nitrogens with two attached hydrogens (primary N) is 1. The van der Waals surface area contributed by atoms with Crippen LogP contribution in [-0.2, 0) is 32.7 Å². The van der Waals surface area contributed by atoms with Crippen LogP contribution >= 0.6 is 7.82 Å². The van der Waals surface area contributed by atoms with Gasteiger partial charge in [-0.2, -0.15) is 0 Å². The first-order valence-corrected chi connectivity index (χ1v) is 23.5. The predicted octanol–water partition coefficient (Wildman–Crippen LogP) is 12.4. The van der Waals surface area contributed by atoms with E-state index in [0.29, 0.717) is 6.42 Å². The Morgan fingerprint density at radius 2 is 0.827 bits per heavy atom. The summed E-state index contributed by atoms with van der Waals surface area (Å²) in [6.45, 7) is 3.73. The quantitative estimate of drug-likeness (QED) is 0.0354. The molecule has 0 radical (unpaired) electrons. The molecule has 0 aliphatic carbocycles. The van der Waals surface area contributed by atoms with Crippen molar-refractivity contribution in [2.75, 3.05) is 26.4 Å². The molecule has 0 aliphatic rings. The SMILES string of the molecule is CCCCCCCCCCCCCCCCCCCCCCCCCC(=O)O[C@H](COC(=O)CCCCCCCCCC)COP(=O)(O)OCCN. The zero-order chi connectivity index (χ0) is 38.2. The average molecular weight is 762 g/mol. The highest BCUT2D eigenvalue weighted by Gasteiger charge is 2.26. The van der Waals surface area contributed by atoms with Crippen molar-refractivity contribution in [1.82, 2.24) is 0 Å². The molecule has 0 bridgehead atoms. The normalized spacial score (nSPS) is 13.2. The Morgan fingerprint density at radius 3 is 1.17 bits per heavy atom. The molecule has 0 saturated carbocycles. The van der Waals surface area contributed by atoms with Crippen molar-refractivity contribution in [2.24, 2.45) is 5.73 Å². The lowest BCUT2D eigenvalue weighted by atomic mass is 10.0. The molecule has 0 aromatic heterocycles. The van der Waals surface area contributed by atoms with E-state index in [0.717, 1.165) is 32.1 Å². The Morgan fingerprint density at radius 1 is 0.500 bits per heavy atom. The van der Waals surface area contributed by atoms with E-state index in [-0.39, 0.29) is 38.6 Å². The summed E-state index contributed by atoms with van der Waals surface area (Å²) in [5, 5.41) is 0. The molecule has 0 amide bonds. The van der Waals surface area contributed by atoms with Gasteiger partial charge in [0.15, 0.2) is 6.10 Å². The van der Waals surface area contributed by atoms with E-state index in [2.05, 4.69) is 13.8 Å². The van der Waals surface area contributed by atoms with Crippen LogP contribution < -0.4 is 5.73 Å². The Hall–Kier alpha value is -0.990. The molecule has 0 aliphatic heterocycles. The van der Waals surface area contributed by atoms with E-state index >= 15 is 0 Å². The van der Waals surface area contributed by atoms with E-state index in [1.807, 2.05) is 0 Å². The smallest absolute Gasteiger partial charge is 0.462 e. The van der Waals surface area contributed by atoms with Crippen LogP contribution in [0.5, 0.6) is 0 Å². The van der Waals surface area contributed by atoms with Crippen molar-refractivity contribution in [2.45, 2.75) is 232 Å². The Kier molecular flexibility index (Phi) is 38.9. The maximum absolute atomic E-state index is 12.6. The number of carbonyl (C=O) groups is 2. The fraction of sp³-hybridized carbons (Fsp3) is 0.952. The number of hydrogen-bond acceptors (Lipinski definition) is 8. The van der Waals surface area contributed by atoms with Crippen molar-refractivity contribution in [1.29, 1.82) is 0 Å². The van der Waals surface area contributed by atoms with E-state index in [9.17, 15) is 19.0 Å². The minimum Gasteiger partial charge on any atom is -0.462 e. The van der Waals surface area contributed by atoms with Gasteiger partial charge in [-0.25, -0.2) is 4.57 Å². The fourth-order valence-electron chi connectivity index (χ4n) is 6.46. The van der Waals surface area contributed by atoms with Crippen LogP contribution in [0.3, 0.4) is 0 Å². The minimum atomic E-state index is -4.36. The van der Waals surface area contributed by atoms with Crippen molar-refractivity contribution in [3.63, 3.8) is 0 Å². The van der Waals surface area contributed by atoms with Gasteiger partial charge in [0.1, 0.15) is 6.61 Å². The van der Waals surface area contributed by atoms with Crippen LogP contribution in [0.2, 0.25) is 0 Å². The third-order valence-corrected chi connectivity index (χ3v) is 10.7. The summed E-state index contributed by atoms with van der Waals surface area (Å²) < 4.78 is 32.7. The molecule has 0 fully saturated rings. The van der Waals surface area contributed by atoms with Gasteiger partial charge in [-0.3, -0.25) is 18.6 Å². The van der Waals surface area contributed by atoms with Crippen molar-refractivity contribution < 1.29 is 37.6 Å². The lowest BCUT2D eigenvalue weighted by molar-refractivity contribution is -0.161. The Bertz CT molecular complexity index is 830. The largest absolute Gasteiger partial charge is 0.472 e. The number of ether oxygens (including phenoxy) is 2. The number of rotatable bonds is 42. The van der Waals surface area contributed by atoms with Gasteiger partial charge in [0.2, 0.25) is 0 Å². The van der Waals surface area contributed by atoms with Crippen LogP contribution in [0.15, 0.2) is 0 Å². The molecule has 3 N–H and O–H groups in total. The number of phosphoric acid groups is 1. The predicted molar refractivity (Wildman–Crippen MR) is 215 cm³/mol. The van der Waals surface area contributed by atoms with Gasteiger partial charge in [-0.1, -0.05) is 200 Å². The molecular formula is C42H84NO8P. The highest BCUT2D eigenvalue weighted by atomic mass is 31.2. The molecule has 0 spiro atoms. The maximum Gasteiger partial charge on any atom is 0.472 e. The van der Waals surface area contributed by atoms with E-state index in [4.69, 9.17) is 24.3 Å². The summed E-state index contributed by atoms with van der Waals surface area (Å²) in [5.41, 5.74) is 5.34. The van der Waals surface area contributed by atoms with Crippen LogP contribution in [0.25, 0.3) is 0 Å². The molecule has 2 atom stereocenters. The van der Waals surface area contributed by atoms with E-state index in [1.165, 1.54) is 161 Å². The summed E-state index contributed by atoms with van der Waals surface area (Å²) in [4.78, 5) is 34.7. The number of phosphoric ester groups is 1. The second-order valence-electron chi connectivity index (χ2n) is 14.9. The molecule has 52 heavy (non-hydrogen) atoms. The summed E-state index contributed by atoms with van der Waals surface area (Å²) in [6, 6.07) is 0. The Labute approximate surface area is 320 Å². The van der Waals surface area contributed by atoms with Crippen LogP contribution in [0, 0.1) is 0 Å². The van der Waals surface area contributed by atoms with Crippen molar-refractivity contribution in [3.05, 3.63) is 0 Å². The lowest BCUT2D eigenvalue weighted by Gasteiger charge is -2.19. The molecular weight excluding hydrogens is 677 g/mol. The Balaban J connectivity index is 3.93. The van der Waals surface area contributed by atoms with Gasteiger partial charge >= 0.3 is 19.8 Å². The third-order valence-electron chi connectivity index (χ3n) is 9.74. The van der Waals surface area contributed by atoms with Crippen molar-refractivity contribution >= 4 is 19.8 Å². The monoisotopic (exact) mass is 762 g/mol. The average Bonchev–Trinajstić information content (AvgIpc) is 3.13. The topological polar surface area (TPSA) is 134 Å². The maximum atomic E-state index is 12.6. The van der Waals surface area contributed by atoms with Gasteiger partial charge in [-0.05, 0) is 12.8 Å². The molecule has 0 aromatic rings. The summed E-state index contributed by atoms with van der Waals surface area (Å²) in [6.07, 6.45) is 38.7. The fourth-order valence-corrected chi connectivity index (χ4v) is 7.23. The highest BCUT2D eigenvalue weighted by Crippen LogP contribution is 2.43. The molecule has 0 heterocycles. The number of unbranched alkanes of at least 4 members (excludes halogenated alkanes) is 29. The lowest BCUT2D eigenvalue weighted by Crippen LogP contribution is -2.29. The number of hydrogen-bond donors (Lipinski definition) is 2. The molecule has 1 unspecified atom stereocenters. The summed E-state index contributed by atoms with van der Waals surface area (Å²) in [7, 11) is -4.36. The van der Waals surface area contributed by atoms with Crippen LogP contribution in [0.1, 0.15) is 226 Å². The molecule has 0 rings (SSSR count). The standard InChI is InChI=1S/C42H84NO8P/c1-3-5-7-9-11-13-14-15-16-17-18-19-20-21-22-23-24-25-26-27-29-31-33-35-42(45)51-40(39-50-52(46,47)49-37-36-43)38-48-41(44)34-32-30-28-12-10-8-6-4-2/h40H,3-39,43H2,1-2H3,(H,46,47)/t40-/m1/s1. The molecule has 310 valence electrons. The first-order chi connectivity index (χ1) is 25.3. The molecule has 0 aromatic carbocycles. The zero-order valence-electron chi connectivity index (χ0n) is 34.1. The van der Waals surface area contributed by atoms with Gasteiger partial charge < -0.3 is 20.1 Å². The highest BCUT2D eigenvalue weighted by molar-refractivity contribution is 7.47. The third kappa shape index (κ3) is 38.7. The second kappa shape index (κ2) is 39.7. The van der Waals surface area contributed by atoms with Gasteiger partial charge in [0.05, 0.1) is 13.2 Å². The minimum absolute atomic E-state index is 0.0578. The van der Waals surface area contributed by atoms with E-state index < -0.39 is 26.5 Å².